The van der Waals surface area contributed by atoms with Crippen molar-refractivity contribution in [2.24, 2.45) is 5.92 Å². The number of aromatic nitrogens is 1. The van der Waals surface area contributed by atoms with E-state index in [2.05, 4.69) is 17.2 Å². The standard InChI is InChI=1S/C17H25N3O/c1-2-20(12-13-5-7-18-8-6-13)17(21)11-14-9-15-3-4-16(10-14)19-15/h5-8,14-16,19H,2-4,9-12H2,1H3. The number of nitrogens with one attached hydrogen (secondary N) is 1. The molecule has 0 aromatic carbocycles. The Hall–Kier alpha value is -1.42. The van der Waals surface area contributed by atoms with Crippen LogP contribution in [0.15, 0.2) is 24.5 Å². The van der Waals surface area contributed by atoms with Gasteiger partial charge in [-0.1, -0.05) is 0 Å². The van der Waals surface area contributed by atoms with Gasteiger partial charge >= 0.3 is 0 Å². The fourth-order valence-corrected chi connectivity index (χ4v) is 3.80. The third kappa shape index (κ3) is 3.62. The minimum atomic E-state index is 0.306. The Labute approximate surface area is 126 Å². The van der Waals surface area contributed by atoms with Crippen LogP contribution in [-0.2, 0) is 11.3 Å². The first-order valence-corrected chi connectivity index (χ1v) is 8.17. The van der Waals surface area contributed by atoms with Gasteiger partial charge in [-0.25, -0.2) is 0 Å². The highest BCUT2D eigenvalue weighted by molar-refractivity contribution is 5.76. The van der Waals surface area contributed by atoms with Gasteiger partial charge in [-0.15, -0.1) is 0 Å². The molecule has 1 aromatic rings. The van der Waals surface area contributed by atoms with Crippen molar-refractivity contribution >= 4 is 5.91 Å². The number of carbonyl (C=O) groups is 1. The summed E-state index contributed by atoms with van der Waals surface area (Å²) in [7, 11) is 0. The molecule has 1 N–H and O–H groups in total. The smallest absolute Gasteiger partial charge is 0.223 e. The molecule has 0 saturated carbocycles. The van der Waals surface area contributed by atoms with Crippen LogP contribution in [0.3, 0.4) is 0 Å². The van der Waals surface area contributed by atoms with Gasteiger partial charge in [0.2, 0.25) is 5.91 Å². The van der Waals surface area contributed by atoms with E-state index < -0.39 is 0 Å². The van der Waals surface area contributed by atoms with Gasteiger partial charge in [-0.2, -0.15) is 0 Å². The molecule has 114 valence electrons. The second-order valence-corrected chi connectivity index (χ2v) is 6.44. The normalized spacial score (nSPS) is 27.6. The molecule has 4 heteroatoms. The van der Waals surface area contributed by atoms with Gasteiger partial charge in [0, 0.05) is 44.0 Å². The predicted molar refractivity (Wildman–Crippen MR) is 82.6 cm³/mol. The summed E-state index contributed by atoms with van der Waals surface area (Å²) >= 11 is 0. The topological polar surface area (TPSA) is 45.2 Å². The molecule has 2 bridgehead atoms. The molecule has 2 fully saturated rings. The summed E-state index contributed by atoms with van der Waals surface area (Å²) in [5.41, 5.74) is 1.16. The van der Waals surface area contributed by atoms with Crippen LogP contribution in [0, 0.1) is 5.92 Å². The van der Waals surface area contributed by atoms with Gasteiger partial charge in [0.05, 0.1) is 0 Å². The Bertz CT molecular complexity index is 464. The predicted octanol–water partition coefficient (Wildman–Crippen LogP) is 2.35. The van der Waals surface area contributed by atoms with Gasteiger partial charge in [-0.3, -0.25) is 9.78 Å². The van der Waals surface area contributed by atoms with Crippen LogP contribution in [-0.4, -0.2) is 34.4 Å². The lowest BCUT2D eigenvalue weighted by Gasteiger charge is -2.30. The van der Waals surface area contributed by atoms with E-state index in [4.69, 9.17) is 0 Å². The van der Waals surface area contributed by atoms with Gasteiger partial charge < -0.3 is 10.2 Å². The Morgan fingerprint density at radius 3 is 2.57 bits per heavy atom. The quantitative estimate of drug-likeness (QED) is 0.904. The first-order valence-electron chi connectivity index (χ1n) is 8.17. The Morgan fingerprint density at radius 2 is 1.95 bits per heavy atom. The highest BCUT2D eigenvalue weighted by Gasteiger charge is 2.34. The van der Waals surface area contributed by atoms with Crippen LogP contribution in [0.1, 0.15) is 44.6 Å². The second kappa shape index (κ2) is 6.56. The number of pyridine rings is 1. The average molecular weight is 287 g/mol. The van der Waals surface area contributed by atoms with E-state index in [0.717, 1.165) is 12.1 Å². The zero-order valence-corrected chi connectivity index (χ0v) is 12.8. The number of piperidine rings is 1. The third-order valence-corrected chi connectivity index (χ3v) is 4.89. The van der Waals surface area contributed by atoms with E-state index in [1.54, 1.807) is 12.4 Å². The molecule has 1 aromatic heterocycles. The summed E-state index contributed by atoms with van der Waals surface area (Å²) in [6.07, 6.45) is 9.24. The number of fused-ring (bicyclic) bond motifs is 2. The molecule has 0 aliphatic carbocycles. The van der Waals surface area contributed by atoms with Crippen LogP contribution < -0.4 is 5.32 Å². The minimum absolute atomic E-state index is 0.306. The molecule has 3 heterocycles. The Kier molecular flexibility index (Phi) is 4.54. The molecular formula is C17H25N3O. The molecular weight excluding hydrogens is 262 g/mol. The minimum Gasteiger partial charge on any atom is -0.339 e. The van der Waals surface area contributed by atoms with Crippen LogP contribution in [0.4, 0.5) is 0 Å². The van der Waals surface area contributed by atoms with Crippen molar-refractivity contribution < 1.29 is 4.79 Å². The van der Waals surface area contributed by atoms with Gasteiger partial charge in [-0.05, 0) is 56.2 Å². The fourth-order valence-electron chi connectivity index (χ4n) is 3.80. The van der Waals surface area contributed by atoms with E-state index in [-0.39, 0.29) is 0 Å². The summed E-state index contributed by atoms with van der Waals surface area (Å²) in [6, 6.07) is 5.30. The van der Waals surface area contributed by atoms with Gasteiger partial charge in [0.15, 0.2) is 0 Å². The molecule has 21 heavy (non-hydrogen) atoms. The van der Waals surface area contributed by atoms with Crippen molar-refractivity contribution in [2.45, 2.75) is 57.7 Å². The van der Waals surface area contributed by atoms with Crippen LogP contribution in [0.25, 0.3) is 0 Å². The molecule has 0 radical (unpaired) electrons. The maximum atomic E-state index is 12.6. The number of amides is 1. The number of rotatable bonds is 5. The molecule has 4 nitrogen and oxygen atoms in total. The van der Waals surface area contributed by atoms with Crippen molar-refractivity contribution in [3.8, 4) is 0 Å². The average Bonchev–Trinajstić information content (AvgIpc) is 2.84. The van der Waals surface area contributed by atoms with Crippen molar-refractivity contribution in [2.75, 3.05) is 6.54 Å². The zero-order valence-electron chi connectivity index (χ0n) is 12.8. The first kappa shape index (κ1) is 14.5. The van der Waals surface area contributed by atoms with Crippen molar-refractivity contribution in [3.63, 3.8) is 0 Å². The van der Waals surface area contributed by atoms with Gasteiger partial charge in [0.25, 0.3) is 0 Å². The third-order valence-electron chi connectivity index (χ3n) is 4.89. The van der Waals surface area contributed by atoms with E-state index in [1.165, 1.54) is 25.7 Å². The SMILES string of the molecule is CCN(Cc1ccncc1)C(=O)CC1CC2CCC(C1)N2. The van der Waals surface area contributed by atoms with Crippen LogP contribution >= 0.6 is 0 Å². The maximum absolute atomic E-state index is 12.6. The summed E-state index contributed by atoms with van der Waals surface area (Å²) in [5, 5.41) is 3.64. The van der Waals surface area contributed by atoms with Crippen LogP contribution in [0.5, 0.6) is 0 Å². The number of hydrogen-bond donors (Lipinski definition) is 1. The van der Waals surface area contributed by atoms with Crippen molar-refractivity contribution in [1.82, 2.24) is 15.2 Å². The summed E-state index contributed by atoms with van der Waals surface area (Å²) in [6.45, 7) is 3.54. The molecule has 1 amide bonds. The van der Waals surface area contributed by atoms with Crippen molar-refractivity contribution in [1.29, 1.82) is 0 Å². The Morgan fingerprint density at radius 1 is 1.29 bits per heavy atom. The molecule has 3 rings (SSSR count). The number of hydrogen-bond acceptors (Lipinski definition) is 3. The summed E-state index contributed by atoms with van der Waals surface area (Å²) in [5.74, 6) is 0.878. The lowest BCUT2D eigenvalue weighted by atomic mass is 9.89. The van der Waals surface area contributed by atoms with E-state index in [1.807, 2.05) is 17.0 Å². The molecule has 2 aliphatic rings. The van der Waals surface area contributed by atoms with E-state index in [0.29, 0.717) is 36.9 Å². The molecule has 2 unspecified atom stereocenters. The van der Waals surface area contributed by atoms with Crippen molar-refractivity contribution in [3.05, 3.63) is 30.1 Å². The van der Waals surface area contributed by atoms with E-state index in [9.17, 15) is 4.79 Å². The largest absolute Gasteiger partial charge is 0.339 e. The number of nitrogens with zero attached hydrogens (tertiary/aromatic N) is 2. The van der Waals surface area contributed by atoms with Crippen LogP contribution in [0.2, 0.25) is 0 Å². The zero-order chi connectivity index (χ0) is 14.7. The highest BCUT2D eigenvalue weighted by atomic mass is 16.2. The summed E-state index contributed by atoms with van der Waals surface area (Å²) in [4.78, 5) is 18.6. The molecule has 2 aliphatic heterocycles. The first-order chi connectivity index (χ1) is 10.2. The Balaban J connectivity index is 1.55. The fraction of sp³-hybridized carbons (Fsp3) is 0.647. The molecule has 2 saturated heterocycles. The number of carbonyl (C=O) groups excluding carboxylic acids is 1. The lowest BCUT2D eigenvalue weighted by Crippen LogP contribution is -2.40. The maximum Gasteiger partial charge on any atom is 0.223 e. The molecule has 2 atom stereocenters. The highest BCUT2D eigenvalue weighted by Crippen LogP contribution is 2.33. The van der Waals surface area contributed by atoms with Gasteiger partial charge in [0.1, 0.15) is 0 Å². The lowest BCUT2D eigenvalue weighted by molar-refractivity contribution is -0.132. The monoisotopic (exact) mass is 287 g/mol. The summed E-state index contributed by atoms with van der Waals surface area (Å²) < 4.78 is 0. The molecule has 0 spiro atoms. The second-order valence-electron chi connectivity index (χ2n) is 6.44. The van der Waals surface area contributed by atoms with E-state index >= 15 is 0 Å².